The highest BCUT2D eigenvalue weighted by Crippen LogP contribution is 2.35. The number of rotatable bonds is 5. The minimum Gasteiger partial charge on any atom is -0.371 e. The first-order valence-corrected chi connectivity index (χ1v) is 11.7. The molecular formula is C22H34N4O3. The molecule has 2 aliphatic heterocycles. The minimum atomic E-state index is -0.0847. The topological polar surface area (TPSA) is 78.3 Å². The van der Waals surface area contributed by atoms with E-state index in [-0.39, 0.29) is 36.1 Å². The van der Waals surface area contributed by atoms with Crippen LogP contribution in [0.15, 0.2) is 6.20 Å². The van der Waals surface area contributed by atoms with Gasteiger partial charge in [0.2, 0.25) is 5.91 Å². The third-order valence-electron chi connectivity index (χ3n) is 7.45. The van der Waals surface area contributed by atoms with Crippen LogP contribution in [0.3, 0.4) is 0 Å². The van der Waals surface area contributed by atoms with Gasteiger partial charge >= 0.3 is 0 Å². The smallest absolute Gasteiger partial charge is 0.223 e. The summed E-state index contributed by atoms with van der Waals surface area (Å²) in [5, 5.41) is 12.0. The molecule has 0 bridgehead atoms. The molecule has 7 heteroatoms. The van der Waals surface area contributed by atoms with Crippen molar-refractivity contribution >= 4 is 5.91 Å². The van der Waals surface area contributed by atoms with Crippen molar-refractivity contribution in [2.75, 3.05) is 13.2 Å². The van der Waals surface area contributed by atoms with Crippen molar-refractivity contribution in [1.29, 1.82) is 0 Å². The van der Waals surface area contributed by atoms with Gasteiger partial charge in [-0.15, -0.1) is 5.10 Å². The lowest BCUT2D eigenvalue weighted by molar-refractivity contribution is -0.127. The van der Waals surface area contributed by atoms with Gasteiger partial charge in [0, 0.05) is 12.1 Å². The first-order chi connectivity index (χ1) is 14.3. The number of carbonyl (C=O) groups is 1. The Morgan fingerprint density at radius 1 is 1.00 bits per heavy atom. The molecule has 4 atom stereocenters. The molecule has 29 heavy (non-hydrogen) atoms. The summed E-state index contributed by atoms with van der Waals surface area (Å²) in [6.45, 7) is 1.09. The molecule has 2 aliphatic carbocycles. The summed E-state index contributed by atoms with van der Waals surface area (Å²) in [6, 6.07) is -0.00570. The van der Waals surface area contributed by atoms with Crippen LogP contribution in [0.2, 0.25) is 0 Å². The van der Waals surface area contributed by atoms with Gasteiger partial charge in [-0.1, -0.05) is 56.6 Å². The third kappa shape index (κ3) is 4.22. The highest BCUT2D eigenvalue weighted by molar-refractivity contribution is 5.79. The van der Waals surface area contributed by atoms with E-state index in [4.69, 9.17) is 9.47 Å². The second-order valence-electron chi connectivity index (χ2n) is 9.51. The zero-order valence-electron chi connectivity index (χ0n) is 17.3. The van der Waals surface area contributed by atoms with Gasteiger partial charge in [0.15, 0.2) is 0 Å². The summed E-state index contributed by atoms with van der Waals surface area (Å²) in [5.74, 6) is 1.10. The predicted octanol–water partition coefficient (Wildman–Crippen LogP) is 2.80. The van der Waals surface area contributed by atoms with E-state index in [1.165, 1.54) is 51.4 Å². The number of ether oxygens (including phenoxy) is 2. The Kier molecular flexibility index (Phi) is 5.86. The summed E-state index contributed by atoms with van der Waals surface area (Å²) in [5.41, 5.74) is 1.08. The molecule has 160 valence electrons. The van der Waals surface area contributed by atoms with E-state index < -0.39 is 0 Å². The molecular weight excluding hydrogens is 368 g/mol. The van der Waals surface area contributed by atoms with E-state index in [2.05, 4.69) is 21.8 Å². The molecule has 5 rings (SSSR count). The lowest BCUT2D eigenvalue weighted by atomic mass is 9.86. The molecule has 4 aliphatic rings. The molecule has 1 amide bonds. The highest BCUT2D eigenvalue weighted by atomic mass is 16.6. The summed E-state index contributed by atoms with van der Waals surface area (Å²) in [7, 11) is 0. The van der Waals surface area contributed by atoms with Crippen molar-refractivity contribution < 1.29 is 14.3 Å². The molecule has 1 aromatic heterocycles. The normalized spacial score (nSPS) is 33.7. The zero-order valence-corrected chi connectivity index (χ0v) is 17.3. The molecule has 7 nitrogen and oxygen atoms in total. The number of amides is 1. The average Bonchev–Trinajstić information content (AvgIpc) is 3.47. The number of hydrogen-bond donors (Lipinski definition) is 1. The monoisotopic (exact) mass is 402 g/mol. The van der Waals surface area contributed by atoms with Crippen molar-refractivity contribution in [3.63, 3.8) is 0 Å². The van der Waals surface area contributed by atoms with Crippen LogP contribution in [-0.2, 0) is 20.7 Å². The SMILES string of the molecule is O=C(N[C@H]1CO[C@H]2[C@@H]1OC[C@@H]2n1cc(CC2CCCCC2)nn1)C1CCCCC1. The summed E-state index contributed by atoms with van der Waals surface area (Å²) >= 11 is 0. The number of hydrogen-bond acceptors (Lipinski definition) is 5. The van der Waals surface area contributed by atoms with Crippen LogP contribution in [0.4, 0.5) is 0 Å². The molecule has 0 spiro atoms. The maximum atomic E-state index is 12.6. The van der Waals surface area contributed by atoms with Crippen LogP contribution < -0.4 is 5.32 Å². The van der Waals surface area contributed by atoms with Crippen molar-refractivity contribution in [2.45, 2.75) is 94.9 Å². The van der Waals surface area contributed by atoms with E-state index in [1.54, 1.807) is 0 Å². The van der Waals surface area contributed by atoms with E-state index >= 15 is 0 Å². The van der Waals surface area contributed by atoms with Crippen molar-refractivity contribution in [1.82, 2.24) is 20.3 Å². The van der Waals surface area contributed by atoms with E-state index in [0.29, 0.717) is 13.2 Å². The summed E-state index contributed by atoms with van der Waals surface area (Å²) < 4.78 is 14.1. The molecule has 4 fully saturated rings. The Morgan fingerprint density at radius 3 is 2.52 bits per heavy atom. The van der Waals surface area contributed by atoms with Crippen LogP contribution in [0.5, 0.6) is 0 Å². The summed E-state index contributed by atoms with van der Waals surface area (Å²) in [6.07, 6.45) is 15.3. The molecule has 0 unspecified atom stereocenters. The standard InChI is InChI=1S/C22H34N4O3/c27-22(16-9-5-2-6-10-16)23-18-13-28-21-19(14-29-20(18)21)26-12-17(24-25-26)11-15-7-3-1-4-8-15/h12,15-16,18-21H,1-11,13-14H2,(H,23,27)/t18-,19-,20+,21+/m0/s1. The Balaban J connectivity index is 1.17. The minimum absolute atomic E-state index is 0.0455. The number of aromatic nitrogens is 3. The highest BCUT2D eigenvalue weighted by Gasteiger charge is 2.49. The fraction of sp³-hybridized carbons (Fsp3) is 0.864. The van der Waals surface area contributed by atoms with E-state index in [9.17, 15) is 4.79 Å². The molecule has 2 saturated heterocycles. The first-order valence-electron chi connectivity index (χ1n) is 11.7. The molecule has 3 heterocycles. The third-order valence-corrected chi connectivity index (χ3v) is 7.45. The average molecular weight is 403 g/mol. The van der Waals surface area contributed by atoms with Crippen LogP contribution in [0.25, 0.3) is 0 Å². The van der Waals surface area contributed by atoms with Gasteiger partial charge in [0.1, 0.15) is 18.2 Å². The largest absolute Gasteiger partial charge is 0.371 e. The van der Waals surface area contributed by atoms with Crippen molar-refractivity contribution in [3.8, 4) is 0 Å². The van der Waals surface area contributed by atoms with Crippen LogP contribution >= 0.6 is 0 Å². The van der Waals surface area contributed by atoms with E-state index in [0.717, 1.165) is 30.9 Å². The van der Waals surface area contributed by atoms with E-state index in [1.807, 2.05) is 4.68 Å². The maximum Gasteiger partial charge on any atom is 0.223 e. The zero-order chi connectivity index (χ0) is 19.6. The fourth-order valence-corrected chi connectivity index (χ4v) is 5.75. The fourth-order valence-electron chi connectivity index (χ4n) is 5.75. The Labute approximate surface area is 172 Å². The van der Waals surface area contributed by atoms with Crippen LogP contribution in [0, 0.1) is 11.8 Å². The lowest BCUT2D eigenvalue weighted by Crippen LogP contribution is -2.46. The second kappa shape index (κ2) is 8.72. The maximum absolute atomic E-state index is 12.6. The first kappa shape index (κ1) is 19.5. The lowest BCUT2D eigenvalue weighted by Gasteiger charge is -2.24. The Bertz CT molecular complexity index is 696. The number of fused-ring (bicyclic) bond motifs is 1. The van der Waals surface area contributed by atoms with Crippen molar-refractivity contribution in [2.24, 2.45) is 11.8 Å². The van der Waals surface area contributed by atoms with Gasteiger partial charge in [0.25, 0.3) is 0 Å². The van der Waals surface area contributed by atoms with Gasteiger partial charge in [0.05, 0.1) is 24.9 Å². The molecule has 1 N–H and O–H groups in total. The predicted molar refractivity (Wildman–Crippen MR) is 107 cm³/mol. The number of nitrogens with one attached hydrogen (secondary N) is 1. The molecule has 2 saturated carbocycles. The van der Waals surface area contributed by atoms with Gasteiger partial charge in [-0.3, -0.25) is 4.79 Å². The van der Waals surface area contributed by atoms with Gasteiger partial charge < -0.3 is 14.8 Å². The number of carbonyl (C=O) groups excluding carboxylic acids is 1. The molecule has 1 aromatic rings. The Morgan fingerprint density at radius 2 is 1.72 bits per heavy atom. The van der Waals surface area contributed by atoms with Crippen LogP contribution in [0.1, 0.15) is 75.9 Å². The molecule has 0 radical (unpaired) electrons. The van der Waals surface area contributed by atoms with Crippen LogP contribution in [-0.4, -0.2) is 52.4 Å². The Hall–Kier alpha value is -1.47. The van der Waals surface area contributed by atoms with Crippen molar-refractivity contribution in [3.05, 3.63) is 11.9 Å². The quantitative estimate of drug-likeness (QED) is 0.819. The van der Waals surface area contributed by atoms with Gasteiger partial charge in [-0.25, -0.2) is 4.68 Å². The summed E-state index contributed by atoms with van der Waals surface area (Å²) in [4.78, 5) is 12.6. The number of nitrogens with zero attached hydrogens (tertiary/aromatic N) is 3. The van der Waals surface area contributed by atoms with Gasteiger partial charge in [-0.2, -0.15) is 0 Å². The molecule has 0 aromatic carbocycles. The van der Waals surface area contributed by atoms with Gasteiger partial charge in [-0.05, 0) is 25.2 Å². The second-order valence-corrected chi connectivity index (χ2v) is 9.51.